The second-order valence-corrected chi connectivity index (χ2v) is 7.16. The molecule has 140 valence electrons. The Labute approximate surface area is 155 Å². The number of ether oxygens (including phenoxy) is 1. The molecule has 0 aliphatic rings. The Balaban J connectivity index is 1.74. The zero-order valence-corrected chi connectivity index (χ0v) is 15.0. The van der Waals surface area contributed by atoms with Crippen molar-refractivity contribution in [3.05, 3.63) is 78.4 Å². The Kier molecular flexibility index (Phi) is 5.24. The van der Waals surface area contributed by atoms with Gasteiger partial charge in [0.25, 0.3) is 15.9 Å². The second kappa shape index (κ2) is 7.60. The van der Waals surface area contributed by atoms with Crippen molar-refractivity contribution in [3.63, 3.8) is 0 Å². The van der Waals surface area contributed by atoms with Gasteiger partial charge in [0.2, 0.25) is 0 Å². The van der Waals surface area contributed by atoms with E-state index in [9.17, 15) is 17.6 Å². The highest BCUT2D eigenvalue weighted by molar-refractivity contribution is 7.89. The molecule has 0 aliphatic carbocycles. The number of nitrogens with one attached hydrogen (secondary N) is 2. The fourth-order valence-corrected chi connectivity index (χ4v) is 3.22. The molecule has 9 heteroatoms. The quantitative estimate of drug-likeness (QED) is 0.633. The summed E-state index contributed by atoms with van der Waals surface area (Å²) >= 11 is 0. The van der Waals surface area contributed by atoms with Gasteiger partial charge < -0.3 is 9.30 Å². The fraction of sp³-hybridized carbons (Fsp3) is 0.0556. The first kappa shape index (κ1) is 18.6. The maximum Gasteiger partial charge on any atom is 0.283 e. The first-order chi connectivity index (χ1) is 12.9. The lowest BCUT2D eigenvalue weighted by Gasteiger charge is -2.11. The third-order valence-corrected chi connectivity index (χ3v) is 5.02. The number of carbonyl (C=O) groups excluding carboxylic acids is 1. The number of hydrogen-bond donors (Lipinski definition) is 2. The maximum absolute atomic E-state index is 13.1. The number of sulfonamides is 1. The largest absolute Gasteiger partial charge is 0.497 e. The van der Waals surface area contributed by atoms with Crippen molar-refractivity contribution in [1.82, 2.24) is 14.8 Å². The molecular formula is C18H16FN3O4S. The summed E-state index contributed by atoms with van der Waals surface area (Å²) in [6, 6.07) is 14.4. The molecule has 2 aromatic carbocycles. The van der Waals surface area contributed by atoms with Gasteiger partial charge in [-0.3, -0.25) is 10.2 Å². The molecular weight excluding hydrogens is 373 g/mol. The molecule has 0 spiro atoms. The van der Waals surface area contributed by atoms with E-state index >= 15 is 0 Å². The number of carbonyl (C=O) groups is 1. The average molecular weight is 389 g/mol. The van der Waals surface area contributed by atoms with Crippen molar-refractivity contribution in [2.24, 2.45) is 0 Å². The summed E-state index contributed by atoms with van der Waals surface area (Å²) in [5.41, 5.74) is 2.91. The van der Waals surface area contributed by atoms with Crippen LogP contribution in [0.25, 0.3) is 5.69 Å². The van der Waals surface area contributed by atoms with Gasteiger partial charge in [-0.05, 0) is 60.7 Å². The Hall–Kier alpha value is -3.17. The summed E-state index contributed by atoms with van der Waals surface area (Å²) in [5.74, 6) is -0.555. The SMILES string of the molecule is COc1ccc(S(=O)(=O)NNC(=O)c2cccn2-c2ccc(F)cc2)cc1. The molecule has 0 fully saturated rings. The number of nitrogens with zero attached hydrogens (tertiary/aromatic N) is 1. The predicted molar refractivity (Wildman–Crippen MR) is 96.5 cm³/mol. The van der Waals surface area contributed by atoms with Gasteiger partial charge in [-0.25, -0.2) is 12.8 Å². The van der Waals surface area contributed by atoms with Crippen LogP contribution in [0.2, 0.25) is 0 Å². The van der Waals surface area contributed by atoms with Crippen molar-refractivity contribution < 1.29 is 22.3 Å². The van der Waals surface area contributed by atoms with E-state index in [0.29, 0.717) is 11.4 Å². The van der Waals surface area contributed by atoms with Crippen molar-refractivity contribution >= 4 is 15.9 Å². The zero-order chi connectivity index (χ0) is 19.4. The first-order valence-corrected chi connectivity index (χ1v) is 9.28. The topological polar surface area (TPSA) is 89.4 Å². The normalized spacial score (nSPS) is 11.2. The van der Waals surface area contributed by atoms with Crippen molar-refractivity contribution in [2.75, 3.05) is 7.11 Å². The molecule has 1 aromatic heterocycles. The molecule has 3 rings (SSSR count). The Morgan fingerprint density at radius 3 is 2.33 bits per heavy atom. The van der Waals surface area contributed by atoms with Crippen LogP contribution < -0.4 is 15.0 Å². The van der Waals surface area contributed by atoms with Gasteiger partial charge >= 0.3 is 0 Å². The van der Waals surface area contributed by atoms with Gasteiger partial charge in [0, 0.05) is 11.9 Å². The molecule has 0 saturated carbocycles. The molecule has 0 saturated heterocycles. The van der Waals surface area contributed by atoms with E-state index in [1.807, 2.05) is 4.83 Å². The first-order valence-electron chi connectivity index (χ1n) is 7.80. The monoisotopic (exact) mass is 389 g/mol. The molecule has 0 bridgehead atoms. The predicted octanol–water partition coefficient (Wildman–Crippen LogP) is 2.25. The van der Waals surface area contributed by atoms with Crippen molar-refractivity contribution in [3.8, 4) is 11.4 Å². The van der Waals surface area contributed by atoms with Crippen LogP contribution in [0.4, 0.5) is 4.39 Å². The third-order valence-electron chi connectivity index (χ3n) is 3.75. The van der Waals surface area contributed by atoms with Gasteiger partial charge in [0.05, 0.1) is 12.0 Å². The molecule has 0 radical (unpaired) electrons. The van der Waals surface area contributed by atoms with E-state index in [-0.39, 0.29) is 10.6 Å². The minimum absolute atomic E-state index is 0.0301. The van der Waals surface area contributed by atoms with Crippen LogP contribution in [0.1, 0.15) is 10.5 Å². The average Bonchev–Trinajstić information content (AvgIpc) is 3.17. The molecule has 27 heavy (non-hydrogen) atoms. The van der Waals surface area contributed by atoms with Crippen molar-refractivity contribution in [2.45, 2.75) is 4.90 Å². The Morgan fingerprint density at radius 1 is 1.04 bits per heavy atom. The number of hydrazine groups is 1. The van der Waals surface area contributed by atoms with Crippen LogP contribution in [-0.4, -0.2) is 26.0 Å². The van der Waals surface area contributed by atoms with Gasteiger partial charge in [-0.1, -0.05) is 0 Å². The molecule has 2 N–H and O–H groups in total. The summed E-state index contributed by atoms with van der Waals surface area (Å²) in [6.45, 7) is 0. The van der Waals surface area contributed by atoms with Gasteiger partial charge in [-0.2, -0.15) is 0 Å². The number of amides is 1. The van der Waals surface area contributed by atoms with E-state index < -0.39 is 21.7 Å². The second-order valence-electron chi connectivity index (χ2n) is 5.47. The highest BCUT2D eigenvalue weighted by atomic mass is 32.2. The fourth-order valence-electron chi connectivity index (χ4n) is 2.38. The molecule has 0 unspecified atom stereocenters. The van der Waals surface area contributed by atoms with E-state index in [1.165, 1.54) is 66.3 Å². The van der Waals surface area contributed by atoms with E-state index in [1.54, 1.807) is 12.3 Å². The lowest BCUT2D eigenvalue weighted by Crippen LogP contribution is -2.42. The van der Waals surface area contributed by atoms with Gasteiger partial charge in [0.1, 0.15) is 17.3 Å². The lowest BCUT2D eigenvalue weighted by atomic mass is 10.3. The zero-order valence-electron chi connectivity index (χ0n) is 14.2. The van der Waals surface area contributed by atoms with Crippen LogP contribution in [0.3, 0.4) is 0 Å². The van der Waals surface area contributed by atoms with Crippen LogP contribution >= 0.6 is 0 Å². The number of hydrogen-bond acceptors (Lipinski definition) is 4. The smallest absolute Gasteiger partial charge is 0.283 e. The number of rotatable bonds is 6. The highest BCUT2D eigenvalue weighted by Crippen LogP contribution is 2.16. The lowest BCUT2D eigenvalue weighted by molar-refractivity contribution is 0.0938. The van der Waals surface area contributed by atoms with E-state index in [0.717, 1.165) is 0 Å². The van der Waals surface area contributed by atoms with Crippen molar-refractivity contribution in [1.29, 1.82) is 0 Å². The van der Waals surface area contributed by atoms with Crippen LogP contribution in [-0.2, 0) is 10.0 Å². The minimum Gasteiger partial charge on any atom is -0.497 e. The summed E-state index contributed by atoms with van der Waals surface area (Å²) in [6.07, 6.45) is 1.61. The highest BCUT2D eigenvalue weighted by Gasteiger charge is 2.18. The molecule has 0 atom stereocenters. The minimum atomic E-state index is -3.95. The number of halogens is 1. The van der Waals surface area contributed by atoms with Gasteiger partial charge in [-0.15, -0.1) is 4.83 Å². The summed E-state index contributed by atoms with van der Waals surface area (Å²) in [4.78, 5) is 14.4. The third kappa shape index (κ3) is 4.15. The summed E-state index contributed by atoms with van der Waals surface area (Å²) in [7, 11) is -2.48. The Bertz CT molecular complexity index is 1040. The van der Waals surface area contributed by atoms with E-state index in [4.69, 9.17) is 4.74 Å². The molecule has 0 aliphatic heterocycles. The number of aromatic nitrogens is 1. The van der Waals surface area contributed by atoms with Crippen LogP contribution in [0.5, 0.6) is 5.75 Å². The standard InChI is InChI=1S/C18H16FN3O4S/c1-26-15-8-10-16(11-9-15)27(24,25)21-20-18(23)17-3-2-12-22(17)14-6-4-13(19)5-7-14/h2-12,21H,1H3,(H,20,23). The van der Waals surface area contributed by atoms with Crippen LogP contribution in [0, 0.1) is 5.82 Å². The van der Waals surface area contributed by atoms with Crippen LogP contribution in [0.15, 0.2) is 71.8 Å². The summed E-state index contributed by atoms with van der Waals surface area (Å²) < 4.78 is 44.1. The maximum atomic E-state index is 13.1. The van der Waals surface area contributed by atoms with Gasteiger partial charge in [0.15, 0.2) is 0 Å². The summed E-state index contributed by atoms with van der Waals surface area (Å²) in [5, 5.41) is 0. The molecule has 1 amide bonds. The number of benzene rings is 2. The molecule has 7 nitrogen and oxygen atoms in total. The number of methoxy groups -OCH3 is 1. The van der Waals surface area contributed by atoms with E-state index in [2.05, 4.69) is 5.43 Å². The molecule has 3 aromatic rings. The molecule has 1 heterocycles. The Morgan fingerprint density at radius 2 is 1.70 bits per heavy atom.